The number of pyridine rings is 1. The molecule has 0 bridgehead atoms. The molecule has 1 atom stereocenters. The third-order valence-electron chi connectivity index (χ3n) is 2.64. The van der Waals surface area contributed by atoms with E-state index in [4.69, 9.17) is 5.11 Å². The predicted molar refractivity (Wildman–Crippen MR) is 69.4 cm³/mol. The molecule has 0 radical (unpaired) electrons. The van der Waals surface area contributed by atoms with Gasteiger partial charge in [0.2, 0.25) is 0 Å². The molecule has 2 rings (SSSR count). The van der Waals surface area contributed by atoms with Crippen molar-refractivity contribution < 1.29 is 9.90 Å². The van der Waals surface area contributed by atoms with Crippen molar-refractivity contribution in [3.05, 3.63) is 42.1 Å². The Labute approximate surface area is 110 Å². The van der Waals surface area contributed by atoms with Gasteiger partial charge in [0.15, 0.2) is 11.9 Å². The molecule has 0 saturated carbocycles. The summed E-state index contributed by atoms with van der Waals surface area (Å²) in [7, 11) is 1.57. The summed E-state index contributed by atoms with van der Waals surface area (Å²) in [6, 6.07) is 4.54. The summed E-state index contributed by atoms with van der Waals surface area (Å²) in [5.41, 5.74) is 2.28. The average molecular weight is 258 g/mol. The Morgan fingerprint density at radius 2 is 2.00 bits per heavy atom. The van der Waals surface area contributed by atoms with Gasteiger partial charge in [-0.3, -0.25) is 9.78 Å². The lowest BCUT2D eigenvalue weighted by atomic mass is 10.1. The summed E-state index contributed by atoms with van der Waals surface area (Å²) >= 11 is 0. The second-order valence-corrected chi connectivity index (χ2v) is 4.05. The first-order chi connectivity index (χ1) is 9.11. The summed E-state index contributed by atoms with van der Waals surface area (Å²) in [5, 5.41) is 11.8. The van der Waals surface area contributed by atoms with Gasteiger partial charge in [-0.05, 0) is 32.2 Å². The van der Waals surface area contributed by atoms with Crippen LogP contribution in [0.5, 0.6) is 0 Å². The van der Waals surface area contributed by atoms with Gasteiger partial charge >= 0.3 is 5.97 Å². The van der Waals surface area contributed by atoms with E-state index < -0.39 is 12.0 Å². The minimum absolute atomic E-state index is 0.252. The zero-order valence-electron chi connectivity index (χ0n) is 10.7. The first-order valence-electron chi connectivity index (χ1n) is 5.78. The first kappa shape index (κ1) is 13.1. The molecule has 6 nitrogen and oxygen atoms in total. The van der Waals surface area contributed by atoms with Crippen molar-refractivity contribution in [3.63, 3.8) is 0 Å². The summed E-state index contributed by atoms with van der Waals surface area (Å²) in [6.45, 7) is 1.81. The number of aromatic nitrogens is 3. The normalized spacial score (nSPS) is 12.1. The number of likely N-dealkylation sites (N-methyl/N-ethyl adjacent to an activating group) is 1. The molecule has 2 aromatic heterocycles. The second kappa shape index (κ2) is 5.53. The number of nitrogens with zero attached hydrogens (tertiary/aromatic N) is 3. The fourth-order valence-corrected chi connectivity index (χ4v) is 1.75. The van der Waals surface area contributed by atoms with Gasteiger partial charge in [0.1, 0.15) is 0 Å². The lowest BCUT2D eigenvalue weighted by molar-refractivity contribution is -0.139. The fourth-order valence-electron chi connectivity index (χ4n) is 1.75. The number of hydrogen-bond acceptors (Lipinski definition) is 5. The highest BCUT2D eigenvalue weighted by Crippen LogP contribution is 2.19. The maximum Gasteiger partial charge on any atom is 0.328 e. The van der Waals surface area contributed by atoms with E-state index in [1.165, 1.54) is 0 Å². The number of rotatable bonds is 4. The molecule has 0 spiro atoms. The van der Waals surface area contributed by atoms with E-state index in [2.05, 4.69) is 20.3 Å². The van der Waals surface area contributed by atoms with Gasteiger partial charge in [-0.2, -0.15) is 0 Å². The molecule has 0 aliphatic rings. The number of carboxylic acid groups (broad SMARTS) is 1. The molecule has 0 aromatic carbocycles. The van der Waals surface area contributed by atoms with Crippen molar-refractivity contribution in [1.29, 1.82) is 0 Å². The van der Waals surface area contributed by atoms with Crippen LogP contribution in [0.4, 0.5) is 0 Å². The molecule has 19 heavy (non-hydrogen) atoms. The second-order valence-electron chi connectivity index (χ2n) is 4.05. The summed E-state index contributed by atoms with van der Waals surface area (Å²) in [6.07, 6.45) is 3.33. The van der Waals surface area contributed by atoms with Crippen molar-refractivity contribution in [3.8, 4) is 11.3 Å². The third-order valence-corrected chi connectivity index (χ3v) is 2.64. The molecule has 0 aliphatic heterocycles. The molecular weight excluding hydrogens is 244 g/mol. The number of aryl methyl sites for hydroxylation is 1. The average Bonchev–Trinajstić information content (AvgIpc) is 2.39. The highest BCUT2D eigenvalue weighted by molar-refractivity contribution is 5.74. The SMILES string of the molecule is CNC(C(=O)O)c1nc(C)cc(-c2ccncc2)n1. The standard InChI is InChI=1S/C13H14N4O2/c1-8-7-10(9-3-5-15-6-4-9)17-12(16-8)11(14-2)13(18)19/h3-7,11,14H,1-2H3,(H,18,19). The number of hydrogen-bond donors (Lipinski definition) is 2. The van der Waals surface area contributed by atoms with Crippen LogP contribution in [0.2, 0.25) is 0 Å². The van der Waals surface area contributed by atoms with Crippen LogP contribution in [0.1, 0.15) is 17.6 Å². The molecule has 2 N–H and O–H groups in total. The van der Waals surface area contributed by atoms with Gasteiger partial charge in [-0.1, -0.05) is 0 Å². The Morgan fingerprint density at radius 1 is 1.32 bits per heavy atom. The van der Waals surface area contributed by atoms with Crippen LogP contribution in [0.15, 0.2) is 30.6 Å². The van der Waals surface area contributed by atoms with Gasteiger partial charge in [-0.15, -0.1) is 0 Å². The number of carbonyl (C=O) groups is 1. The van der Waals surface area contributed by atoms with E-state index in [0.717, 1.165) is 11.3 Å². The predicted octanol–water partition coefficient (Wildman–Crippen LogP) is 1.19. The van der Waals surface area contributed by atoms with Crippen molar-refractivity contribution >= 4 is 5.97 Å². The van der Waals surface area contributed by atoms with Crippen LogP contribution in [-0.4, -0.2) is 33.1 Å². The summed E-state index contributed by atoms with van der Waals surface area (Å²) < 4.78 is 0. The Bertz CT molecular complexity index is 586. The van der Waals surface area contributed by atoms with Crippen LogP contribution >= 0.6 is 0 Å². The van der Waals surface area contributed by atoms with Crippen LogP contribution in [0.3, 0.4) is 0 Å². The summed E-state index contributed by atoms with van der Waals surface area (Å²) in [5.74, 6) is -0.754. The maximum atomic E-state index is 11.1. The number of nitrogens with one attached hydrogen (secondary N) is 1. The topological polar surface area (TPSA) is 88.0 Å². The highest BCUT2D eigenvalue weighted by Gasteiger charge is 2.21. The van der Waals surface area contributed by atoms with Crippen molar-refractivity contribution in [2.75, 3.05) is 7.05 Å². The zero-order chi connectivity index (χ0) is 13.8. The van der Waals surface area contributed by atoms with Gasteiger partial charge in [0, 0.05) is 23.7 Å². The molecule has 2 aromatic rings. The zero-order valence-corrected chi connectivity index (χ0v) is 10.7. The minimum atomic E-state index is -1.01. The van der Waals surface area contributed by atoms with Crippen LogP contribution in [0, 0.1) is 6.92 Å². The molecule has 0 fully saturated rings. The molecule has 2 heterocycles. The minimum Gasteiger partial charge on any atom is -0.480 e. The lowest BCUT2D eigenvalue weighted by Crippen LogP contribution is -2.27. The maximum absolute atomic E-state index is 11.1. The molecule has 0 saturated heterocycles. The molecule has 6 heteroatoms. The molecule has 1 unspecified atom stereocenters. The van der Waals surface area contributed by atoms with Gasteiger partial charge < -0.3 is 10.4 Å². The van der Waals surface area contributed by atoms with Gasteiger partial charge in [-0.25, -0.2) is 9.97 Å². The van der Waals surface area contributed by atoms with Crippen molar-refractivity contribution in [2.45, 2.75) is 13.0 Å². The number of carboxylic acids is 1. The third kappa shape index (κ3) is 2.92. The monoisotopic (exact) mass is 258 g/mol. The quantitative estimate of drug-likeness (QED) is 0.856. The Hall–Kier alpha value is -2.34. The largest absolute Gasteiger partial charge is 0.480 e. The van der Waals surface area contributed by atoms with E-state index in [-0.39, 0.29) is 5.82 Å². The van der Waals surface area contributed by atoms with Crippen LogP contribution in [0.25, 0.3) is 11.3 Å². The van der Waals surface area contributed by atoms with E-state index >= 15 is 0 Å². The Balaban J connectivity index is 2.48. The van der Waals surface area contributed by atoms with Crippen molar-refractivity contribution in [1.82, 2.24) is 20.3 Å². The van der Waals surface area contributed by atoms with E-state index in [1.807, 2.05) is 25.1 Å². The molecular formula is C13H14N4O2. The molecule has 0 amide bonds. The first-order valence-corrected chi connectivity index (χ1v) is 5.78. The number of aliphatic carboxylic acids is 1. The van der Waals surface area contributed by atoms with Crippen LogP contribution < -0.4 is 5.32 Å². The van der Waals surface area contributed by atoms with Gasteiger partial charge in [0.25, 0.3) is 0 Å². The van der Waals surface area contributed by atoms with Gasteiger partial charge in [0.05, 0.1) is 5.69 Å². The van der Waals surface area contributed by atoms with E-state index in [0.29, 0.717) is 5.69 Å². The molecule has 0 aliphatic carbocycles. The van der Waals surface area contributed by atoms with E-state index in [1.54, 1.807) is 19.4 Å². The molecule has 98 valence electrons. The summed E-state index contributed by atoms with van der Waals surface area (Å²) in [4.78, 5) is 23.6. The lowest BCUT2D eigenvalue weighted by Gasteiger charge is -2.12. The van der Waals surface area contributed by atoms with Crippen molar-refractivity contribution in [2.24, 2.45) is 0 Å². The van der Waals surface area contributed by atoms with Crippen LogP contribution in [-0.2, 0) is 4.79 Å². The Kier molecular flexibility index (Phi) is 3.82. The Morgan fingerprint density at radius 3 is 2.58 bits per heavy atom. The fraction of sp³-hybridized carbons (Fsp3) is 0.231. The highest BCUT2D eigenvalue weighted by atomic mass is 16.4. The smallest absolute Gasteiger partial charge is 0.328 e. The van der Waals surface area contributed by atoms with E-state index in [9.17, 15) is 4.79 Å².